The molecule has 8 heteroatoms. The summed E-state index contributed by atoms with van der Waals surface area (Å²) in [6.45, 7) is 1.44. The predicted octanol–water partition coefficient (Wildman–Crippen LogP) is 1.75. The summed E-state index contributed by atoms with van der Waals surface area (Å²) in [7, 11) is 0. The Morgan fingerprint density at radius 3 is 2.59 bits per heavy atom. The summed E-state index contributed by atoms with van der Waals surface area (Å²) in [6.07, 6.45) is -3.84. The van der Waals surface area contributed by atoms with Crippen LogP contribution in [-0.2, 0) is 6.18 Å². The average Bonchev–Trinajstić information content (AvgIpc) is 2.58. The first-order valence-corrected chi connectivity index (χ1v) is 4.46. The monoisotopic (exact) mass is 245 g/mol. The number of carboxylic acid groups (broad SMARTS) is 1. The number of aromatic nitrogens is 3. The summed E-state index contributed by atoms with van der Waals surface area (Å²) in [5.74, 6) is -1.29. The van der Waals surface area contributed by atoms with Gasteiger partial charge in [0, 0.05) is 6.20 Å². The smallest absolute Gasteiger partial charge is 0.417 e. The molecule has 2 aromatic rings. The van der Waals surface area contributed by atoms with E-state index in [1.807, 2.05) is 0 Å². The first kappa shape index (κ1) is 11.4. The Kier molecular flexibility index (Phi) is 2.30. The number of carbonyl (C=O) groups is 1. The SMILES string of the molecule is Cc1nnc2c(C(=O)O)cc(C(F)(F)F)cn12. The lowest BCUT2D eigenvalue weighted by atomic mass is 10.2. The third-order valence-electron chi connectivity index (χ3n) is 2.23. The summed E-state index contributed by atoms with van der Waals surface area (Å²) in [5.41, 5.74) is -1.69. The molecule has 0 unspecified atom stereocenters. The largest absolute Gasteiger partial charge is 0.478 e. The van der Waals surface area contributed by atoms with Gasteiger partial charge in [-0.3, -0.25) is 4.40 Å². The third-order valence-corrected chi connectivity index (χ3v) is 2.23. The third kappa shape index (κ3) is 1.81. The number of carboxylic acids is 1. The van der Waals surface area contributed by atoms with Crippen molar-refractivity contribution in [3.63, 3.8) is 0 Å². The highest BCUT2D eigenvalue weighted by atomic mass is 19.4. The van der Waals surface area contributed by atoms with E-state index in [-0.39, 0.29) is 11.5 Å². The van der Waals surface area contributed by atoms with E-state index in [0.717, 1.165) is 10.6 Å². The molecule has 5 nitrogen and oxygen atoms in total. The number of nitrogens with zero attached hydrogens (tertiary/aromatic N) is 3. The number of pyridine rings is 1. The maximum atomic E-state index is 12.6. The van der Waals surface area contributed by atoms with Crippen molar-refractivity contribution >= 4 is 11.6 Å². The standard InChI is InChI=1S/C9H6F3N3O2/c1-4-13-14-7-6(8(16)17)2-5(3-15(4)7)9(10,11)12/h2-3H,1H3,(H,16,17). The number of fused-ring (bicyclic) bond motifs is 1. The number of aryl methyl sites for hydroxylation is 1. The number of hydrogen-bond donors (Lipinski definition) is 1. The van der Waals surface area contributed by atoms with Crippen LogP contribution in [0.15, 0.2) is 12.3 Å². The van der Waals surface area contributed by atoms with Crippen LogP contribution in [0.25, 0.3) is 5.65 Å². The van der Waals surface area contributed by atoms with E-state index in [2.05, 4.69) is 10.2 Å². The van der Waals surface area contributed by atoms with Gasteiger partial charge in [-0.05, 0) is 13.0 Å². The molecule has 2 heterocycles. The first-order chi connectivity index (χ1) is 7.80. The van der Waals surface area contributed by atoms with Gasteiger partial charge in [-0.15, -0.1) is 10.2 Å². The molecule has 1 N–H and O–H groups in total. The van der Waals surface area contributed by atoms with Gasteiger partial charge in [0.25, 0.3) is 0 Å². The van der Waals surface area contributed by atoms with Gasteiger partial charge in [-0.2, -0.15) is 13.2 Å². The van der Waals surface area contributed by atoms with Crippen LogP contribution in [-0.4, -0.2) is 25.7 Å². The zero-order chi connectivity index (χ0) is 12.8. The first-order valence-electron chi connectivity index (χ1n) is 4.46. The van der Waals surface area contributed by atoms with E-state index < -0.39 is 23.3 Å². The van der Waals surface area contributed by atoms with Crippen LogP contribution >= 0.6 is 0 Å². The fraction of sp³-hybridized carbons (Fsp3) is 0.222. The van der Waals surface area contributed by atoms with E-state index >= 15 is 0 Å². The van der Waals surface area contributed by atoms with Crippen molar-refractivity contribution in [2.45, 2.75) is 13.1 Å². The second kappa shape index (κ2) is 3.44. The molecule has 0 fully saturated rings. The maximum absolute atomic E-state index is 12.6. The van der Waals surface area contributed by atoms with Gasteiger partial charge in [0.05, 0.1) is 5.56 Å². The van der Waals surface area contributed by atoms with E-state index in [1.165, 1.54) is 6.92 Å². The topological polar surface area (TPSA) is 67.5 Å². The molecule has 2 rings (SSSR count). The number of aromatic carboxylic acids is 1. The van der Waals surface area contributed by atoms with Crippen molar-refractivity contribution in [2.75, 3.05) is 0 Å². The van der Waals surface area contributed by atoms with E-state index in [0.29, 0.717) is 6.07 Å². The Balaban J connectivity index is 2.83. The summed E-state index contributed by atoms with van der Waals surface area (Å²) in [4.78, 5) is 10.9. The van der Waals surface area contributed by atoms with Crippen LogP contribution in [0.3, 0.4) is 0 Å². The molecule has 0 radical (unpaired) electrons. The van der Waals surface area contributed by atoms with Crippen molar-refractivity contribution in [1.82, 2.24) is 14.6 Å². The molecule has 0 saturated carbocycles. The molecule has 0 aliphatic heterocycles. The fourth-order valence-electron chi connectivity index (χ4n) is 1.42. The molecule has 2 aromatic heterocycles. The highest BCUT2D eigenvalue weighted by molar-refractivity contribution is 5.94. The van der Waals surface area contributed by atoms with E-state index in [1.54, 1.807) is 0 Å². The normalized spacial score (nSPS) is 12.0. The quantitative estimate of drug-likeness (QED) is 0.831. The Morgan fingerprint density at radius 1 is 1.41 bits per heavy atom. The summed E-state index contributed by atoms with van der Waals surface area (Å²) in [6, 6.07) is 0.547. The molecule has 90 valence electrons. The van der Waals surface area contributed by atoms with Gasteiger partial charge in [0.15, 0.2) is 5.65 Å². The molecule has 0 bridgehead atoms. The van der Waals surface area contributed by atoms with Gasteiger partial charge in [0.1, 0.15) is 11.4 Å². The lowest BCUT2D eigenvalue weighted by Gasteiger charge is -2.08. The van der Waals surface area contributed by atoms with Crippen molar-refractivity contribution in [3.05, 3.63) is 29.2 Å². The molecule has 0 aliphatic carbocycles. The number of halogens is 3. The van der Waals surface area contributed by atoms with Crippen LogP contribution in [0.5, 0.6) is 0 Å². The summed E-state index contributed by atoms with van der Waals surface area (Å²) in [5, 5.41) is 15.9. The van der Waals surface area contributed by atoms with Gasteiger partial charge >= 0.3 is 12.1 Å². The molecule has 17 heavy (non-hydrogen) atoms. The zero-order valence-electron chi connectivity index (χ0n) is 8.49. The predicted molar refractivity (Wildman–Crippen MR) is 49.7 cm³/mol. The van der Waals surface area contributed by atoms with Gasteiger partial charge in [0.2, 0.25) is 0 Å². The lowest BCUT2D eigenvalue weighted by molar-refractivity contribution is -0.137. The van der Waals surface area contributed by atoms with Crippen LogP contribution in [0.2, 0.25) is 0 Å². The zero-order valence-corrected chi connectivity index (χ0v) is 8.49. The van der Waals surface area contributed by atoms with Crippen molar-refractivity contribution in [2.24, 2.45) is 0 Å². The molecule has 0 saturated heterocycles. The number of hydrogen-bond acceptors (Lipinski definition) is 3. The average molecular weight is 245 g/mol. The Labute approximate surface area is 92.5 Å². The van der Waals surface area contributed by atoms with Gasteiger partial charge in [-0.1, -0.05) is 0 Å². The fourth-order valence-corrected chi connectivity index (χ4v) is 1.42. The molecule has 0 aromatic carbocycles. The van der Waals surface area contributed by atoms with Crippen molar-refractivity contribution in [3.8, 4) is 0 Å². The molecule has 0 amide bonds. The molecule has 0 atom stereocenters. The van der Waals surface area contributed by atoms with Gasteiger partial charge < -0.3 is 5.11 Å². The van der Waals surface area contributed by atoms with E-state index in [4.69, 9.17) is 5.11 Å². The molecule has 0 aliphatic rings. The van der Waals surface area contributed by atoms with Crippen LogP contribution in [0, 0.1) is 6.92 Å². The number of rotatable bonds is 1. The minimum atomic E-state index is -4.62. The van der Waals surface area contributed by atoms with Crippen LogP contribution in [0.4, 0.5) is 13.2 Å². The van der Waals surface area contributed by atoms with Gasteiger partial charge in [-0.25, -0.2) is 4.79 Å². The molecular weight excluding hydrogens is 239 g/mol. The highest BCUT2D eigenvalue weighted by Gasteiger charge is 2.33. The second-order valence-electron chi connectivity index (χ2n) is 3.39. The Bertz CT molecular complexity index is 603. The van der Waals surface area contributed by atoms with E-state index in [9.17, 15) is 18.0 Å². The van der Waals surface area contributed by atoms with Crippen LogP contribution in [0.1, 0.15) is 21.7 Å². The minimum absolute atomic E-state index is 0.108. The number of alkyl halides is 3. The van der Waals surface area contributed by atoms with Crippen LogP contribution < -0.4 is 0 Å². The van der Waals surface area contributed by atoms with Crippen molar-refractivity contribution < 1.29 is 23.1 Å². The Hall–Kier alpha value is -2.12. The van der Waals surface area contributed by atoms with Crippen molar-refractivity contribution in [1.29, 1.82) is 0 Å². The maximum Gasteiger partial charge on any atom is 0.417 e. The second-order valence-corrected chi connectivity index (χ2v) is 3.39. The highest BCUT2D eigenvalue weighted by Crippen LogP contribution is 2.30. The molecule has 0 spiro atoms. The Morgan fingerprint density at radius 2 is 2.06 bits per heavy atom. The minimum Gasteiger partial charge on any atom is -0.478 e. The summed E-state index contributed by atoms with van der Waals surface area (Å²) < 4.78 is 38.7. The lowest BCUT2D eigenvalue weighted by Crippen LogP contribution is -2.11. The molecular formula is C9H6F3N3O2. The summed E-state index contributed by atoms with van der Waals surface area (Å²) >= 11 is 0.